The molecule has 156 valence electrons. The van der Waals surface area contributed by atoms with Gasteiger partial charge in [0, 0.05) is 37.1 Å². The molecule has 0 spiro atoms. The fourth-order valence-corrected chi connectivity index (χ4v) is 4.16. The number of rotatable bonds is 6. The Kier molecular flexibility index (Phi) is 5.88. The van der Waals surface area contributed by atoms with Crippen LogP contribution in [0.15, 0.2) is 35.2 Å². The third-order valence-corrected chi connectivity index (χ3v) is 5.64. The molecular formula is C23H27N5O2. The zero-order valence-corrected chi connectivity index (χ0v) is 17.8. The number of pyridine rings is 1. The van der Waals surface area contributed by atoms with E-state index in [2.05, 4.69) is 22.0 Å². The molecule has 1 amide bonds. The number of aromatic nitrogens is 4. The van der Waals surface area contributed by atoms with Crippen LogP contribution in [-0.2, 0) is 12.8 Å². The van der Waals surface area contributed by atoms with Gasteiger partial charge in [-0.05, 0) is 50.3 Å². The van der Waals surface area contributed by atoms with Gasteiger partial charge < -0.3 is 9.42 Å². The number of carbonyl (C=O) groups excluding carboxylic acids is 1. The molecule has 30 heavy (non-hydrogen) atoms. The molecule has 0 aromatic carbocycles. The van der Waals surface area contributed by atoms with Crippen LogP contribution in [0.1, 0.15) is 72.5 Å². The highest BCUT2D eigenvalue weighted by Gasteiger charge is 2.36. The molecule has 3 aromatic rings. The molecule has 3 aromatic heterocycles. The number of aryl methyl sites for hydroxylation is 3. The summed E-state index contributed by atoms with van der Waals surface area (Å²) in [6.45, 7) is 6.60. The minimum absolute atomic E-state index is 0.0237. The highest BCUT2D eigenvalue weighted by atomic mass is 16.5. The van der Waals surface area contributed by atoms with Crippen LogP contribution in [-0.4, -0.2) is 37.5 Å². The molecule has 0 saturated carbocycles. The van der Waals surface area contributed by atoms with Crippen molar-refractivity contribution in [3.8, 4) is 11.1 Å². The average molecular weight is 406 g/mol. The van der Waals surface area contributed by atoms with Crippen LogP contribution in [0, 0.1) is 6.92 Å². The summed E-state index contributed by atoms with van der Waals surface area (Å²) in [5.41, 5.74) is 4.19. The van der Waals surface area contributed by atoms with Crippen molar-refractivity contribution >= 4 is 5.91 Å². The predicted octanol–water partition coefficient (Wildman–Crippen LogP) is 4.33. The van der Waals surface area contributed by atoms with Crippen LogP contribution < -0.4 is 0 Å². The van der Waals surface area contributed by atoms with E-state index in [9.17, 15) is 4.79 Å². The lowest BCUT2D eigenvalue weighted by atomic mass is 9.99. The van der Waals surface area contributed by atoms with E-state index in [1.54, 1.807) is 19.3 Å². The summed E-state index contributed by atoms with van der Waals surface area (Å²) in [4.78, 5) is 29.1. The Morgan fingerprint density at radius 3 is 2.80 bits per heavy atom. The van der Waals surface area contributed by atoms with Gasteiger partial charge in [-0.2, -0.15) is 0 Å². The zero-order valence-electron chi connectivity index (χ0n) is 17.8. The SMILES string of the molecule is CCCc1ncc(-c2ccncc2)c([C@H]2CCCN2C(=O)c2c(CC)noc2C)n1. The Balaban J connectivity index is 1.77. The zero-order chi connectivity index (χ0) is 21.1. The van der Waals surface area contributed by atoms with Gasteiger partial charge in [0.05, 0.1) is 17.4 Å². The van der Waals surface area contributed by atoms with Crippen molar-refractivity contribution in [2.75, 3.05) is 6.54 Å². The molecule has 0 radical (unpaired) electrons. The molecule has 7 heteroatoms. The molecule has 0 N–H and O–H groups in total. The topological polar surface area (TPSA) is 85.0 Å². The second-order valence-corrected chi connectivity index (χ2v) is 7.64. The van der Waals surface area contributed by atoms with Gasteiger partial charge in [0.1, 0.15) is 17.1 Å². The fraction of sp³-hybridized carbons (Fsp3) is 0.435. The largest absolute Gasteiger partial charge is 0.361 e. The van der Waals surface area contributed by atoms with Gasteiger partial charge in [0.2, 0.25) is 0 Å². The lowest BCUT2D eigenvalue weighted by molar-refractivity contribution is 0.0730. The monoisotopic (exact) mass is 405 g/mol. The third-order valence-electron chi connectivity index (χ3n) is 5.64. The normalized spacial score (nSPS) is 16.2. The second-order valence-electron chi connectivity index (χ2n) is 7.64. The van der Waals surface area contributed by atoms with Crippen LogP contribution in [0.3, 0.4) is 0 Å². The van der Waals surface area contributed by atoms with Gasteiger partial charge in [0.15, 0.2) is 0 Å². The second kappa shape index (κ2) is 8.73. The van der Waals surface area contributed by atoms with Crippen molar-refractivity contribution in [3.05, 3.63) is 59.3 Å². The number of nitrogens with zero attached hydrogens (tertiary/aromatic N) is 5. The van der Waals surface area contributed by atoms with Gasteiger partial charge in [-0.1, -0.05) is 19.0 Å². The van der Waals surface area contributed by atoms with E-state index in [0.29, 0.717) is 30.0 Å². The molecule has 7 nitrogen and oxygen atoms in total. The molecule has 1 aliphatic heterocycles. The predicted molar refractivity (Wildman–Crippen MR) is 113 cm³/mol. The van der Waals surface area contributed by atoms with Crippen LogP contribution in [0.4, 0.5) is 0 Å². The Morgan fingerprint density at radius 1 is 1.27 bits per heavy atom. The van der Waals surface area contributed by atoms with Crippen molar-refractivity contribution in [1.82, 2.24) is 25.0 Å². The highest BCUT2D eigenvalue weighted by molar-refractivity contribution is 5.96. The van der Waals surface area contributed by atoms with Crippen LogP contribution in [0.2, 0.25) is 0 Å². The summed E-state index contributed by atoms with van der Waals surface area (Å²) in [6, 6.07) is 3.82. The molecular weight excluding hydrogens is 378 g/mol. The van der Waals surface area contributed by atoms with E-state index in [1.807, 2.05) is 30.2 Å². The van der Waals surface area contributed by atoms with Crippen molar-refractivity contribution in [2.24, 2.45) is 0 Å². The van der Waals surface area contributed by atoms with E-state index in [0.717, 1.165) is 48.3 Å². The molecule has 1 atom stereocenters. The summed E-state index contributed by atoms with van der Waals surface area (Å²) in [6.07, 6.45) is 9.69. The third kappa shape index (κ3) is 3.72. The number of likely N-dealkylation sites (tertiary alicyclic amines) is 1. The smallest absolute Gasteiger partial charge is 0.259 e. The first-order valence-corrected chi connectivity index (χ1v) is 10.7. The minimum Gasteiger partial charge on any atom is -0.361 e. The Labute approximate surface area is 176 Å². The van der Waals surface area contributed by atoms with E-state index in [4.69, 9.17) is 9.51 Å². The highest BCUT2D eigenvalue weighted by Crippen LogP contribution is 2.37. The first-order chi connectivity index (χ1) is 14.6. The first-order valence-electron chi connectivity index (χ1n) is 10.7. The quantitative estimate of drug-likeness (QED) is 0.607. The van der Waals surface area contributed by atoms with E-state index in [-0.39, 0.29) is 11.9 Å². The van der Waals surface area contributed by atoms with Crippen LogP contribution in [0.25, 0.3) is 11.1 Å². The molecule has 4 rings (SSSR count). The average Bonchev–Trinajstić information content (AvgIpc) is 3.41. The lowest BCUT2D eigenvalue weighted by Gasteiger charge is -2.26. The standard InChI is InChI=1S/C23H27N5O2/c1-4-7-20-25-14-17(16-9-11-24-12-10-16)22(26-20)19-8-6-13-28(19)23(29)21-15(3)30-27-18(21)5-2/h9-12,14,19H,4-8,13H2,1-3H3/t19-/m1/s1. The minimum atomic E-state index is -0.0988. The van der Waals surface area contributed by atoms with Crippen molar-refractivity contribution < 1.29 is 9.32 Å². The maximum absolute atomic E-state index is 13.5. The van der Waals surface area contributed by atoms with E-state index in [1.165, 1.54) is 0 Å². The first kappa shape index (κ1) is 20.2. The summed E-state index contributed by atoms with van der Waals surface area (Å²) in [5.74, 6) is 1.37. The summed E-state index contributed by atoms with van der Waals surface area (Å²) < 4.78 is 5.32. The summed E-state index contributed by atoms with van der Waals surface area (Å²) in [5, 5.41) is 4.07. The Morgan fingerprint density at radius 2 is 2.07 bits per heavy atom. The van der Waals surface area contributed by atoms with Gasteiger partial charge in [-0.15, -0.1) is 0 Å². The van der Waals surface area contributed by atoms with Gasteiger partial charge in [-0.25, -0.2) is 9.97 Å². The summed E-state index contributed by atoms with van der Waals surface area (Å²) >= 11 is 0. The lowest BCUT2D eigenvalue weighted by Crippen LogP contribution is -2.32. The van der Waals surface area contributed by atoms with Gasteiger partial charge in [-0.3, -0.25) is 9.78 Å². The molecule has 0 aliphatic carbocycles. The molecule has 4 heterocycles. The molecule has 1 fully saturated rings. The van der Waals surface area contributed by atoms with E-state index < -0.39 is 0 Å². The summed E-state index contributed by atoms with van der Waals surface area (Å²) in [7, 11) is 0. The number of hydrogen-bond acceptors (Lipinski definition) is 6. The fourth-order valence-electron chi connectivity index (χ4n) is 4.16. The van der Waals surface area contributed by atoms with E-state index >= 15 is 0 Å². The molecule has 1 saturated heterocycles. The van der Waals surface area contributed by atoms with Crippen LogP contribution >= 0.6 is 0 Å². The van der Waals surface area contributed by atoms with Crippen LogP contribution in [0.5, 0.6) is 0 Å². The molecule has 1 aliphatic rings. The number of hydrogen-bond donors (Lipinski definition) is 0. The molecule has 0 bridgehead atoms. The van der Waals surface area contributed by atoms with Crippen molar-refractivity contribution in [1.29, 1.82) is 0 Å². The Bertz CT molecular complexity index is 1030. The molecule has 0 unspecified atom stereocenters. The number of amides is 1. The maximum atomic E-state index is 13.5. The maximum Gasteiger partial charge on any atom is 0.259 e. The van der Waals surface area contributed by atoms with Crippen molar-refractivity contribution in [3.63, 3.8) is 0 Å². The van der Waals surface area contributed by atoms with Crippen molar-refractivity contribution in [2.45, 2.75) is 58.9 Å². The van der Waals surface area contributed by atoms with Gasteiger partial charge in [0.25, 0.3) is 5.91 Å². The van der Waals surface area contributed by atoms with Gasteiger partial charge >= 0.3 is 0 Å². The Hall–Kier alpha value is -3.09. The number of carbonyl (C=O) groups is 1.